The molecule has 1 rings (SSSR count). The number of carbonyl (C=O) groups excluding carboxylic acids is 1. The standard InChI is InChI=1S/C14H17NO2/c1-11-13(7-5-8-14(11)10-16)6-3-4-9-15-12(2)17/h5,7-8,16H,4,9-10H2,1-2H3,(H,15,17). The summed E-state index contributed by atoms with van der Waals surface area (Å²) in [5, 5.41) is 11.8. The van der Waals surface area contributed by atoms with Gasteiger partial charge >= 0.3 is 0 Å². The summed E-state index contributed by atoms with van der Waals surface area (Å²) in [7, 11) is 0. The third kappa shape index (κ3) is 4.29. The van der Waals surface area contributed by atoms with Gasteiger partial charge in [-0.25, -0.2) is 0 Å². The van der Waals surface area contributed by atoms with Crippen molar-refractivity contribution >= 4 is 5.91 Å². The SMILES string of the molecule is CC(=O)NCCC#Cc1cccc(CO)c1C. The lowest BCUT2D eigenvalue weighted by molar-refractivity contribution is -0.118. The van der Waals surface area contributed by atoms with E-state index in [4.69, 9.17) is 5.11 Å². The first kappa shape index (κ1) is 13.3. The Hall–Kier alpha value is -1.79. The third-order valence-corrected chi connectivity index (χ3v) is 2.46. The monoisotopic (exact) mass is 231 g/mol. The van der Waals surface area contributed by atoms with Crippen LogP contribution in [0.4, 0.5) is 0 Å². The Morgan fingerprint density at radius 1 is 1.47 bits per heavy atom. The second-order valence-electron chi connectivity index (χ2n) is 3.78. The molecule has 3 heteroatoms. The van der Waals surface area contributed by atoms with Crippen molar-refractivity contribution in [3.63, 3.8) is 0 Å². The third-order valence-electron chi connectivity index (χ3n) is 2.46. The van der Waals surface area contributed by atoms with E-state index in [9.17, 15) is 4.79 Å². The molecule has 0 saturated heterocycles. The quantitative estimate of drug-likeness (QED) is 0.609. The molecule has 0 aromatic heterocycles. The van der Waals surface area contributed by atoms with Crippen LogP contribution < -0.4 is 5.32 Å². The maximum absolute atomic E-state index is 10.6. The Balaban J connectivity index is 2.62. The van der Waals surface area contributed by atoms with Crippen molar-refractivity contribution in [1.82, 2.24) is 5.32 Å². The van der Waals surface area contributed by atoms with Crippen LogP contribution >= 0.6 is 0 Å². The zero-order chi connectivity index (χ0) is 12.7. The summed E-state index contributed by atoms with van der Waals surface area (Å²) in [4.78, 5) is 10.6. The molecule has 0 unspecified atom stereocenters. The van der Waals surface area contributed by atoms with Crippen molar-refractivity contribution in [2.45, 2.75) is 26.9 Å². The molecule has 0 aliphatic rings. The number of benzene rings is 1. The summed E-state index contributed by atoms with van der Waals surface area (Å²) in [6, 6.07) is 5.70. The Bertz CT molecular complexity index is 455. The Morgan fingerprint density at radius 3 is 2.88 bits per heavy atom. The minimum atomic E-state index is -0.0368. The highest BCUT2D eigenvalue weighted by atomic mass is 16.3. The van der Waals surface area contributed by atoms with Gasteiger partial charge in [0, 0.05) is 25.5 Å². The van der Waals surface area contributed by atoms with E-state index in [2.05, 4.69) is 17.2 Å². The van der Waals surface area contributed by atoms with Crippen molar-refractivity contribution in [2.75, 3.05) is 6.54 Å². The first-order valence-corrected chi connectivity index (χ1v) is 5.58. The maximum atomic E-state index is 10.6. The van der Waals surface area contributed by atoms with Crippen LogP contribution in [0, 0.1) is 18.8 Å². The van der Waals surface area contributed by atoms with E-state index >= 15 is 0 Å². The van der Waals surface area contributed by atoms with Gasteiger partial charge in [0.05, 0.1) is 6.61 Å². The molecule has 0 heterocycles. The van der Waals surface area contributed by atoms with Gasteiger partial charge in [-0.3, -0.25) is 4.79 Å². The Morgan fingerprint density at radius 2 is 2.24 bits per heavy atom. The number of carbonyl (C=O) groups is 1. The van der Waals surface area contributed by atoms with Crippen molar-refractivity contribution in [3.05, 3.63) is 34.9 Å². The molecule has 2 N–H and O–H groups in total. The molecule has 0 atom stereocenters. The summed E-state index contributed by atoms with van der Waals surface area (Å²) in [6.07, 6.45) is 0.627. The molecule has 0 aliphatic heterocycles. The topological polar surface area (TPSA) is 49.3 Å². The van der Waals surface area contributed by atoms with Crippen LogP contribution in [-0.2, 0) is 11.4 Å². The van der Waals surface area contributed by atoms with Gasteiger partial charge < -0.3 is 10.4 Å². The number of aliphatic hydroxyl groups is 1. The molecule has 3 nitrogen and oxygen atoms in total. The van der Waals surface area contributed by atoms with E-state index in [1.54, 1.807) is 0 Å². The first-order valence-electron chi connectivity index (χ1n) is 5.58. The van der Waals surface area contributed by atoms with Crippen LogP contribution in [0.2, 0.25) is 0 Å². The fourth-order valence-electron chi connectivity index (χ4n) is 1.45. The zero-order valence-corrected chi connectivity index (χ0v) is 10.2. The van der Waals surface area contributed by atoms with Crippen LogP contribution in [0.1, 0.15) is 30.0 Å². The first-order chi connectivity index (χ1) is 8.15. The lowest BCUT2D eigenvalue weighted by atomic mass is 10.0. The fraction of sp³-hybridized carbons (Fsp3) is 0.357. The van der Waals surface area contributed by atoms with E-state index in [1.165, 1.54) is 6.92 Å². The largest absolute Gasteiger partial charge is 0.392 e. The van der Waals surface area contributed by atoms with Crippen LogP contribution in [0.5, 0.6) is 0 Å². The predicted octanol–water partition coefficient (Wildman–Crippen LogP) is 1.37. The van der Waals surface area contributed by atoms with Gasteiger partial charge in [-0.15, -0.1) is 0 Å². The van der Waals surface area contributed by atoms with Crippen LogP contribution in [0.3, 0.4) is 0 Å². The van der Waals surface area contributed by atoms with Gasteiger partial charge in [-0.05, 0) is 24.1 Å². The number of aliphatic hydroxyl groups excluding tert-OH is 1. The number of nitrogens with one attached hydrogen (secondary N) is 1. The van der Waals surface area contributed by atoms with Gasteiger partial charge in [-0.1, -0.05) is 24.0 Å². The highest BCUT2D eigenvalue weighted by Gasteiger charge is 1.99. The maximum Gasteiger partial charge on any atom is 0.216 e. The van der Waals surface area contributed by atoms with Gasteiger partial charge in [0.25, 0.3) is 0 Å². The number of hydrogen-bond donors (Lipinski definition) is 2. The zero-order valence-electron chi connectivity index (χ0n) is 10.2. The van der Waals surface area contributed by atoms with E-state index in [0.29, 0.717) is 13.0 Å². The van der Waals surface area contributed by atoms with Crippen molar-refractivity contribution in [2.24, 2.45) is 0 Å². The summed E-state index contributed by atoms with van der Waals surface area (Å²) < 4.78 is 0. The van der Waals surface area contributed by atoms with E-state index < -0.39 is 0 Å². The van der Waals surface area contributed by atoms with Gasteiger partial charge in [0.2, 0.25) is 5.91 Å². The molecular weight excluding hydrogens is 214 g/mol. The second-order valence-corrected chi connectivity index (χ2v) is 3.78. The minimum Gasteiger partial charge on any atom is -0.392 e. The van der Waals surface area contributed by atoms with E-state index in [1.807, 2.05) is 25.1 Å². The smallest absolute Gasteiger partial charge is 0.216 e. The summed E-state index contributed by atoms with van der Waals surface area (Å²) in [5.41, 5.74) is 2.85. The fourth-order valence-corrected chi connectivity index (χ4v) is 1.45. The van der Waals surface area contributed by atoms with Crippen molar-refractivity contribution in [1.29, 1.82) is 0 Å². The molecule has 0 saturated carbocycles. The van der Waals surface area contributed by atoms with Crippen LogP contribution in [-0.4, -0.2) is 17.6 Å². The molecule has 0 spiro atoms. The van der Waals surface area contributed by atoms with Crippen LogP contribution in [0.15, 0.2) is 18.2 Å². The molecule has 0 fully saturated rings. The second kappa shape index (κ2) is 6.72. The van der Waals surface area contributed by atoms with Crippen LogP contribution in [0.25, 0.3) is 0 Å². The molecular formula is C14H17NO2. The van der Waals surface area contributed by atoms with Gasteiger partial charge in [0.15, 0.2) is 0 Å². The molecule has 0 radical (unpaired) electrons. The summed E-state index contributed by atoms with van der Waals surface area (Å²) in [6.45, 7) is 4.04. The predicted molar refractivity (Wildman–Crippen MR) is 67.3 cm³/mol. The molecule has 0 bridgehead atoms. The molecule has 1 amide bonds. The summed E-state index contributed by atoms with van der Waals surface area (Å²) in [5.74, 6) is 6.02. The summed E-state index contributed by atoms with van der Waals surface area (Å²) >= 11 is 0. The average molecular weight is 231 g/mol. The average Bonchev–Trinajstić information content (AvgIpc) is 2.30. The van der Waals surface area contributed by atoms with Crippen molar-refractivity contribution in [3.8, 4) is 11.8 Å². The Labute approximate surface area is 102 Å². The molecule has 17 heavy (non-hydrogen) atoms. The van der Waals surface area contributed by atoms with E-state index in [-0.39, 0.29) is 12.5 Å². The lowest BCUT2D eigenvalue weighted by Crippen LogP contribution is -2.20. The number of rotatable bonds is 3. The minimum absolute atomic E-state index is 0.0350. The van der Waals surface area contributed by atoms with Gasteiger partial charge in [-0.2, -0.15) is 0 Å². The lowest BCUT2D eigenvalue weighted by Gasteiger charge is -2.03. The number of amides is 1. The van der Waals surface area contributed by atoms with E-state index in [0.717, 1.165) is 16.7 Å². The van der Waals surface area contributed by atoms with Gasteiger partial charge in [0.1, 0.15) is 0 Å². The highest BCUT2D eigenvalue weighted by molar-refractivity contribution is 5.72. The van der Waals surface area contributed by atoms with Crippen molar-refractivity contribution < 1.29 is 9.90 Å². The Kier molecular flexibility index (Phi) is 5.25. The normalized spacial score (nSPS) is 9.35. The number of hydrogen-bond acceptors (Lipinski definition) is 2. The molecule has 0 aliphatic carbocycles. The molecule has 1 aromatic rings. The molecule has 90 valence electrons. The highest BCUT2D eigenvalue weighted by Crippen LogP contribution is 2.12. The molecule has 1 aromatic carbocycles.